The van der Waals surface area contributed by atoms with E-state index in [0.717, 1.165) is 0 Å². The number of nitrogens with zero attached hydrogens (tertiary/aromatic N) is 2. The van der Waals surface area contributed by atoms with Crippen LogP contribution in [0.5, 0.6) is 0 Å². The SMILES string of the molecule is N#CC(CN(CC(=O)O)C1CC1)C(F)(F)F. The van der Waals surface area contributed by atoms with Gasteiger partial charge in [0.25, 0.3) is 0 Å². The third kappa shape index (κ3) is 3.70. The molecule has 1 N–H and O–H groups in total. The highest BCUT2D eigenvalue weighted by atomic mass is 19.4. The molecule has 0 heterocycles. The van der Waals surface area contributed by atoms with Crippen molar-refractivity contribution in [2.24, 2.45) is 5.92 Å². The summed E-state index contributed by atoms with van der Waals surface area (Å²) in [6, 6.07) is 1.05. The molecular weight excluding hydrogens is 225 g/mol. The van der Waals surface area contributed by atoms with E-state index in [1.165, 1.54) is 11.0 Å². The third-order valence-electron chi connectivity index (χ3n) is 2.37. The number of carboxylic acids is 1. The average Bonchev–Trinajstić information content (AvgIpc) is 2.92. The average molecular weight is 236 g/mol. The minimum Gasteiger partial charge on any atom is -0.480 e. The van der Waals surface area contributed by atoms with Crippen molar-refractivity contribution in [2.75, 3.05) is 13.1 Å². The van der Waals surface area contributed by atoms with Crippen LogP contribution in [0.4, 0.5) is 13.2 Å². The van der Waals surface area contributed by atoms with Crippen LogP contribution >= 0.6 is 0 Å². The van der Waals surface area contributed by atoms with Gasteiger partial charge in [0.2, 0.25) is 0 Å². The van der Waals surface area contributed by atoms with Gasteiger partial charge in [-0.2, -0.15) is 18.4 Å². The zero-order valence-electron chi connectivity index (χ0n) is 8.37. The highest BCUT2D eigenvalue weighted by Crippen LogP contribution is 2.31. The monoisotopic (exact) mass is 236 g/mol. The molecular formula is C9H11F3N2O2. The van der Waals surface area contributed by atoms with Crippen LogP contribution in [-0.4, -0.2) is 41.3 Å². The Balaban J connectivity index is 2.60. The van der Waals surface area contributed by atoms with E-state index in [2.05, 4.69) is 0 Å². The van der Waals surface area contributed by atoms with Crippen LogP contribution in [0.3, 0.4) is 0 Å². The summed E-state index contributed by atoms with van der Waals surface area (Å²) < 4.78 is 36.9. The summed E-state index contributed by atoms with van der Waals surface area (Å²) in [5, 5.41) is 16.9. The topological polar surface area (TPSA) is 64.3 Å². The summed E-state index contributed by atoms with van der Waals surface area (Å²) >= 11 is 0. The number of aliphatic carboxylic acids is 1. The second-order valence-corrected chi connectivity index (χ2v) is 3.78. The zero-order valence-corrected chi connectivity index (χ0v) is 8.37. The molecule has 90 valence electrons. The number of nitriles is 1. The van der Waals surface area contributed by atoms with Gasteiger partial charge in [0.05, 0.1) is 12.6 Å². The standard InChI is InChI=1S/C9H11F3N2O2/c10-9(11,12)6(3-13)4-14(5-8(15)16)7-1-2-7/h6-7H,1-2,4-5H2,(H,15,16). The van der Waals surface area contributed by atoms with E-state index in [1.807, 2.05) is 0 Å². The van der Waals surface area contributed by atoms with Crippen LogP contribution in [0, 0.1) is 17.2 Å². The molecule has 1 atom stereocenters. The maximum atomic E-state index is 12.3. The minimum atomic E-state index is -4.60. The summed E-state index contributed by atoms with van der Waals surface area (Å²) in [5.74, 6) is -3.29. The summed E-state index contributed by atoms with van der Waals surface area (Å²) in [6.45, 7) is -1.00. The molecule has 7 heteroatoms. The molecule has 0 radical (unpaired) electrons. The van der Waals surface area contributed by atoms with Crippen LogP contribution in [0.25, 0.3) is 0 Å². The zero-order chi connectivity index (χ0) is 12.3. The quantitative estimate of drug-likeness (QED) is 0.779. The first-order valence-electron chi connectivity index (χ1n) is 4.76. The van der Waals surface area contributed by atoms with Crippen LogP contribution in [-0.2, 0) is 4.79 Å². The largest absolute Gasteiger partial charge is 0.480 e. The molecule has 0 saturated heterocycles. The van der Waals surface area contributed by atoms with Gasteiger partial charge in [0.1, 0.15) is 0 Å². The number of hydrogen-bond acceptors (Lipinski definition) is 3. The first-order valence-corrected chi connectivity index (χ1v) is 4.76. The van der Waals surface area contributed by atoms with Crippen molar-refractivity contribution in [2.45, 2.75) is 25.1 Å². The first kappa shape index (κ1) is 12.8. The molecule has 0 aliphatic heterocycles. The molecule has 4 nitrogen and oxygen atoms in total. The van der Waals surface area contributed by atoms with Gasteiger partial charge >= 0.3 is 12.1 Å². The summed E-state index contributed by atoms with van der Waals surface area (Å²) in [6.07, 6.45) is -3.20. The van der Waals surface area contributed by atoms with Crippen LogP contribution in [0.2, 0.25) is 0 Å². The second kappa shape index (κ2) is 4.70. The van der Waals surface area contributed by atoms with Gasteiger partial charge < -0.3 is 5.11 Å². The molecule has 0 spiro atoms. The Morgan fingerprint density at radius 2 is 2.12 bits per heavy atom. The van der Waals surface area contributed by atoms with Crippen molar-refractivity contribution in [1.82, 2.24) is 4.90 Å². The lowest BCUT2D eigenvalue weighted by molar-refractivity contribution is -0.165. The molecule has 0 bridgehead atoms. The lowest BCUT2D eigenvalue weighted by Crippen LogP contribution is -2.40. The normalized spacial score (nSPS) is 18.2. The highest BCUT2D eigenvalue weighted by molar-refractivity contribution is 5.69. The Bertz CT molecular complexity index is 307. The van der Waals surface area contributed by atoms with E-state index < -0.39 is 31.2 Å². The van der Waals surface area contributed by atoms with Crippen molar-refractivity contribution in [1.29, 1.82) is 5.26 Å². The molecule has 1 unspecified atom stereocenters. The van der Waals surface area contributed by atoms with E-state index in [4.69, 9.17) is 10.4 Å². The van der Waals surface area contributed by atoms with Crippen LogP contribution < -0.4 is 0 Å². The van der Waals surface area contributed by atoms with E-state index >= 15 is 0 Å². The number of hydrogen-bond donors (Lipinski definition) is 1. The Morgan fingerprint density at radius 3 is 2.44 bits per heavy atom. The van der Waals surface area contributed by atoms with Crippen molar-refractivity contribution in [3.63, 3.8) is 0 Å². The van der Waals surface area contributed by atoms with Crippen molar-refractivity contribution >= 4 is 5.97 Å². The highest BCUT2D eigenvalue weighted by Gasteiger charge is 2.43. The van der Waals surface area contributed by atoms with Gasteiger partial charge in [-0.25, -0.2) is 0 Å². The van der Waals surface area contributed by atoms with E-state index in [-0.39, 0.29) is 6.04 Å². The Labute approximate surface area is 90.3 Å². The lowest BCUT2D eigenvalue weighted by Gasteiger charge is -2.23. The van der Waals surface area contributed by atoms with E-state index in [9.17, 15) is 18.0 Å². The smallest absolute Gasteiger partial charge is 0.405 e. The number of carbonyl (C=O) groups is 1. The summed E-state index contributed by atoms with van der Waals surface area (Å²) in [7, 11) is 0. The number of rotatable bonds is 5. The van der Waals surface area contributed by atoms with Crippen LogP contribution in [0.15, 0.2) is 0 Å². The van der Waals surface area contributed by atoms with Gasteiger partial charge in [-0.3, -0.25) is 9.69 Å². The van der Waals surface area contributed by atoms with Gasteiger partial charge in [-0.1, -0.05) is 0 Å². The number of alkyl halides is 3. The Hall–Kier alpha value is -1.29. The predicted molar refractivity (Wildman–Crippen MR) is 47.4 cm³/mol. The minimum absolute atomic E-state index is 0.116. The second-order valence-electron chi connectivity index (χ2n) is 3.78. The molecule has 1 rings (SSSR count). The molecule has 0 aromatic rings. The summed E-state index contributed by atoms with van der Waals surface area (Å²) in [5.41, 5.74) is 0. The Morgan fingerprint density at radius 1 is 1.56 bits per heavy atom. The van der Waals surface area contributed by atoms with E-state index in [1.54, 1.807) is 0 Å². The molecule has 0 amide bonds. The van der Waals surface area contributed by atoms with E-state index in [0.29, 0.717) is 12.8 Å². The molecule has 0 aromatic heterocycles. The Kier molecular flexibility index (Phi) is 3.75. The summed E-state index contributed by atoms with van der Waals surface area (Å²) in [4.78, 5) is 11.7. The first-order chi connectivity index (χ1) is 7.34. The maximum absolute atomic E-state index is 12.3. The number of carboxylic acid groups (broad SMARTS) is 1. The molecule has 0 aromatic carbocycles. The molecule has 1 aliphatic rings. The fourth-order valence-corrected chi connectivity index (χ4v) is 1.41. The third-order valence-corrected chi connectivity index (χ3v) is 2.37. The number of halogens is 3. The van der Waals surface area contributed by atoms with Crippen LogP contribution in [0.1, 0.15) is 12.8 Å². The van der Waals surface area contributed by atoms with Crippen molar-refractivity contribution in [3.05, 3.63) is 0 Å². The molecule has 16 heavy (non-hydrogen) atoms. The van der Waals surface area contributed by atoms with Crippen molar-refractivity contribution < 1.29 is 23.1 Å². The molecule has 1 saturated carbocycles. The van der Waals surface area contributed by atoms with Crippen molar-refractivity contribution in [3.8, 4) is 6.07 Å². The lowest BCUT2D eigenvalue weighted by atomic mass is 10.1. The molecule has 1 fully saturated rings. The van der Waals surface area contributed by atoms with Gasteiger partial charge in [-0.05, 0) is 12.8 Å². The molecule has 1 aliphatic carbocycles. The fourth-order valence-electron chi connectivity index (χ4n) is 1.41. The maximum Gasteiger partial charge on any atom is 0.405 e. The van der Waals surface area contributed by atoms with Gasteiger partial charge in [0, 0.05) is 12.6 Å². The predicted octanol–water partition coefficient (Wildman–Crippen LogP) is 1.24. The fraction of sp³-hybridized carbons (Fsp3) is 0.778. The van der Waals surface area contributed by atoms with Gasteiger partial charge in [-0.15, -0.1) is 0 Å². The van der Waals surface area contributed by atoms with Gasteiger partial charge in [0.15, 0.2) is 5.92 Å².